The van der Waals surface area contributed by atoms with Crippen LogP contribution in [0.15, 0.2) is 42.5 Å². The summed E-state index contributed by atoms with van der Waals surface area (Å²) >= 11 is 6.50. The lowest BCUT2D eigenvalue weighted by atomic mass is 10.1. The Morgan fingerprint density at radius 3 is 2.27 bits per heavy atom. The van der Waals surface area contributed by atoms with Gasteiger partial charge in [-0.05, 0) is 39.1 Å². The van der Waals surface area contributed by atoms with Gasteiger partial charge in [-0.1, -0.05) is 36.4 Å². The lowest BCUT2D eigenvalue weighted by molar-refractivity contribution is 0.162. The van der Waals surface area contributed by atoms with Crippen LogP contribution in [0.2, 0.25) is 0 Å². The molecule has 0 heterocycles. The fourth-order valence-electron chi connectivity index (χ4n) is 2.80. The summed E-state index contributed by atoms with van der Waals surface area (Å²) in [4.78, 5) is 2.39. The molecule has 2 aromatic rings. The van der Waals surface area contributed by atoms with Gasteiger partial charge >= 0.3 is 0 Å². The molecule has 0 saturated heterocycles. The first-order chi connectivity index (χ1) is 10.5. The lowest BCUT2D eigenvalue weighted by Gasteiger charge is -2.32. The summed E-state index contributed by atoms with van der Waals surface area (Å²) in [5.74, 6) is 0.907. The average Bonchev–Trinajstić information content (AvgIpc) is 2.49. The third kappa shape index (κ3) is 4.37. The van der Waals surface area contributed by atoms with E-state index in [0.29, 0.717) is 18.7 Å². The van der Waals surface area contributed by atoms with E-state index in [0.717, 1.165) is 17.7 Å². The van der Waals surface area contributed by atoms with Gasteiger partial charge in [0.15, 0.2) is 0 Å². The van der Waals surface area contributed by atoms with E-state index in [9.17, 15) is 0 Å². The molecule has 0 aliphatic heterocycles. The highest BCUT2D eigenvalue weighted by molar-refractivity contribution is 6.20. The first kappa shape index (κ1) is 17.1. The number of nitrogens with zero attached hydrogens (tertiary/aromatic N) is 1. The molecule has 3 heteroatoms. The second kappa shape index (κ2) is 7.85. The largest absolute Gasteiger partial charge is 0.491 e. The molecule has 2 nitrogen and oxygen atoms in total. The SMILES string of the molecule is CC(C)N(CC(Cl)COc1cccc2ccccc12)C(C)C. The Kier molecular flexibility index (Phi) is 6.10. The second-order valence-electron chi connectivity index (χ2n) is 6.27. The van der Waals surface area contributed by atoms with Crippen molar-refractivity contribution < 1.29 is 4.74 Å². The molecule has 0 aromatic heterocycles. The summed E-state index contributed by atoms with van der Waals surface area (Å²) in [7, 11) is 0. The Labute approximate surface area is 139 Å². The third-order valence-electron chi connectivity index (χ3n) is 3.90. The molecule has 0 saturated carbocycles. The zero-order chi connectivity index (χ0) is 16.1. The van der Waals surface area contributed by atoms with E-state index in [2.05, 4.69) is 50.8 Å². The highest BCUT2D eigenvalue weighted by Crippen LogP contribution is 2.25. The van der Waals surface area contributed by atoms with Gasteiger partial charge in [0, 0.05) is 24.0 Å². The van der Waals surface area contributed by atoms with Crippen molar-refractivity contribution in [3.8, 4) is 5.75 Å². The molecule has 2 aromatic carbocycles. The number of ether oxygens (including phenoxy) is 1. The predicted octanol–water partition coefficient (Wildman–Crippen LogP) is 4.94. The first-order valence-electron chi connectivity index (χ1n) is 7.99. The summed E-state index contributed by atoms with van der Waals surface area (Å²) in [6, 6.07) is 15.4. The van der Waals surface area contributed by atoms with Crippen LogP contribution in [0, 0.1) is 0 Å². The summed E-state index contributed by atoms with van der Waals surface area (Å²) in [5.41, 5.74) is 0. The number of halogens is 1. The van der Waals surface area contributed by atoms with Gasteiger partial charge in [-0.3, -0.25) is 4.90 Å². The van der Waals surface area contributed by atoms with Crippen molar-refractivity contribution in [1.29, 1.82) is 0 Å². The Hall–Kier alpha value is -1.25. The van der Waals surface area contributed by atoms with Crippen LogP contribution < -0.4 is 4.74 Å². The number of hydrogen-bond acceptors (Lipinski definition) is 2. The number of fused-ring (bicyclic) bond motifs is 1. The monoisotopic (exact) mass is 319 g/mol. The molecule has 120 valence electrons. The molecule has 2 rings (SSSR count). The second-order valence-corrected chi connectivity index (χ2v) is 6.89. The third-order valence-corrected chi connectivity index (χ3v) is 4.17. The highest BCUT2D eigenvalue weighted by atomic mass is 35.5. The number of hydrogen-bond donors (Lipinski definition) is 0. The van der Waals surface area contributed by atoms with Crippen molar-refractivity contribution in [2.45, 2.75) is 45.2 Å². The van der Waals surface area contributed by atoms with Crippen LogP contribution in [0.5, 0.6) is 5.75 Å². The smallest absolute Gasteiger partial charge is 0.127 e. The van der Waals surface area contributed by atoms with Crippen LogP contribution >= 0.6 is 11.6 Å². The maximum absolute atomic E-state index is 6.50. The zero-order valence-electron chi connectivity index (χ0n) is 13.9. The maximum Gasteiger partial charge on any atom is 0.127 e. The van der Waals surface area contributed by atoms with Crippen molar-refractivity contribution in [2.75, 3.05) is 13.2 Å². The van der Waals surface area contributed by atoms with Crippen LogP contribution in [0.1, 0.15) is 27.7 Å². The molecular formula is C19H26ClNO. The summed E-state index contributed by atoms with van der Waals surface area (Å²) in [5, 5.41) is 2.30. The van der Waals surface area contributed by atoms with Crippen molar-refractivity contribution in [3.63, 3.8) is 0 Å². The quantitative estimate of drug-likeness (QED) is 0.670. The number of rotatable bonds is 7. The van der Waals surface area contributed by atoms with E-state index < -0.39 is 0 Å². The lowest BCUT2D eigenvalue weighted by Crippen LogP contribution is -2.42. The van der Waals surface area contributed by atoms with Crippen molar-refractivity contribution >= 4 is 22.4 Å². The van der Waals surface area contributed by atoms with Gasteiger partial charge in [-0.2, -0.15) is 0 Å². The Morgan fingerprint density at radius 1 is 0.955 bits per heavy atom. The van der Waals surface area contributed by atoms with E-state index in [1.807, 2.05) is 24.3 Å². The minimum absolute atomic E-state index is 0.0243. The fraction of sp³-hybridized carbons (Fsp3) is 0.474. The van der Waals surface area contributed by atoms with Crippen LogP contribution in [0.3, 0.4) is 0 Å². The van der Waals surface area contributed by atoms with Gasteiger partial charge in [0.2, 0.25) is 0 Å². The maximum atomic E-state index is 6.50. The van der Waals surface area contributed by atoms with Gasteiger partial charge in [-0.25, -0.2) is 0 Å². The molecule has 0 fully saturated rings. The van der Waals surface area contributed by atoms with Crippen LogP contribution in [-0.4, -0.2) is 35.5 Å². The van der Waals surface area contributed by atoms with E-state index in [1.54, 1.807) is 0 Å². The molecule has 0 spiro atoms. The molecule has 0 amide bonds. The standard InChI is InChI=1S/C19H26ClNO/c1-14(2)21(15(3)4)12-17(20)13-22-19-11-7-9-16-8-5-6-10-18(16)19/h5-11,14-15,17H,12-13H2,1-4H3. The Balaban J connectivity index is 1.99. The van der Waals surface area contributed by atoms with E-state index >= 15 is 0 Å². The summed E-state index contributed by atoms with van der Waals surface area (Å²) in [6.45, 7) is 10.2. The highest BCUT2D eigenvalue weighted by Gasteiger charge is 2.18. The van der Waals surface area contributed by atoms with E-state index in [1.165, 1.54) is 5.39 Å². The molecule has 0 radical (unpaired) electrons. The molecule has 0 N–H and O–H groups in total. The van der Waals surface area contributed by atoms with Crippen molar-refractivity contribution in [1.82, 2.24) is 4.90 Å². The topological polar surface area (TPSA) is 12.5 Å². The molecule has 0 aliphatic carbocycles. The predicted molar refractivity (Wildman–Crippen MR) is 96.1 cm³/mol. The molecular weight excluding hydrogens is 294 g/mol. The van der Waals surface area contributed by atoms with Gasteiger partial charge < -0.3 is 4.74 Å². The van der Waals surface area contributed by atoms with Crippen molar-refractivity contribution in [2.24, 2.45) is 0 Å². The van der Waals surface area contributed by atoms with Crippen LogP contribution in [0.25, 0.3) is 10.8 Å². The Morgan fingerprint density at radius 2 is 1.59 bits per heavy atom. The summed E-state index contributed by atoms with van der Waals surface area (Å²) in [6.07, 6.45) is 0. The van der Waals surface area contributed by atoms with Crippen LogP contribution in [0.4, 0.5) is 0 Å². The van der Waals surface area contributed by atoms with Gasteiger partial charge in [0.05, 0.1) is 5.38 Å². The summed E-state index contributed by atoms with van der Waals surface area (Å²) < 4.78 is 5.98. The first-order valence-corrected chi connectivity index (χ1v) is 8.43. The normalized spacial score (nSPS) is 13.3. The molecule has 0 bridgehead atoms. The minimum atomic E-state index is -0.0243. The van der Waals surface area contributed by atoms with E-state index in [-0.39, 0.29) is 5.38 Å². The average molecular weight is 320 g/mol. The van der Waals surface area contributed by atoms with Gasteiger partial charge in [0.1, 0.15) is 12.4 Å². The molecule has 1 unspecified atom stereocenters. The number of benzene rings is 2. The molecule has 22 heavy (non-hydrogen) atoms. The molecule has 1 atom stereocenters. The van der Waals surface area contributed by atoms with Crippen molar-refractivity contribution in [3.05, 3.63) is 42.5 Å². The Bertz CT molecular complexity index is 584. The molecule has 0 aliphatic rings. The van der Waals surface area contributed by atoms with Gasteiger partial charge in [-0.15, -0.1) is 11.6 Å². The number of alkyl halides is 1. The minimum Gasteiger partial charge on any atom is -0.491 e. The zero-order valence-corrected chi connectivity index (χ0v) is 14.7. The fourth-order valence-corrected chi connectivity index (χ4v) is 3.02. The van der Waals surface area contributed by atoms with Gasteiger partial charge in [0.25, 0.3) is 0 Å². The van der Waals surface area contributed by atoms with Crippen LogP contribution in [-0.2, 0) is 0 Å². The van der Waals surface area contributed by atoms with E-state index in [4.69, 9.17) is 16.3 Å².